The van der Waals surface area contributed by atoms with Gasteiger partial charge in [0.05, 0.1) is 5.60 Å². The van der Waals surface area contributed by atoms with E-state index in [1.54, 1.807) is 0 Å². The molecule has 1 N–H and O–H groups in total. The van der Waals surface area contributed by atoms with Crippen LogP contribution in [0.25, 0.3) is 0 Å². The van der Waals surface area contributed by atoms with Crippen molar-refractivity contribution in [3.63, 3.8) is 0 Å². The van der Waals surface area contributed by atoms with Crippen LogP contribution in [0, 0.1) is 35.0 Å². The highest BCUT2D eigenvalue weighted by Crippen LogP contribution is 2.59. The molecule has 0 spiro atoms. The molecule has 0 aromatic rings. The second-order valence-electron chi connectivity index (χ2n) is 11.4. The van der Waals surface area contributed by atoms with Crippen LogP contribution in [0.1, 0.15) is 104 Å². The summed E-state index contributed by atoms with van der Waals surface area (Å²) in [5.74, 6) is 4.60. The topological polar surface area (TPSA) is 20.2 Å². The molecule has 0 aromatic carbocycles. The summed E-state index contributed by atoms with van der Waals surface area (Å²) in [7, 11) is 0. The normalized spacial score (nSPS) is 45.9. The van der Waals surface area contributed by atoms with E-state index in [4.69, 9.17) is 0 Å². The molecule has 0 aromatic heterocycles. The Bertz CT molecular complexity index is 569. The highest BCUT2D eigenvalue weighted by Gasteiger charge is 2.51. The van der Waals surface area contributed by atoms with Gasteiger partial charge >= 0.3 is 0 Å². The van der Waals surface area contributed by atoms with Crippen LogP contribution in [0.3, 0.4) is 0 Å². The second kappa shape index (κ2) is 8.89. The van der Waals surface area contributed by atoms with Crippen molar-refractivity contribution in [1.82, 2.24) is 0 Å². The molecule has 4 rings (SSSR count). The standard InChI is InChI=1S/C27H46OS/c1-5-26(4,6-2)23-15-14-22(20-11-8-9-12-21(20)23)25-17-19-18-27(28,7-3)16-10-13-24(19)29-25/h7,19-25,28H,3,5-6,8-18H2,1-2,4H3. The first-order valence-electron chi connectivity index (χ1n) is 12.9. The predicted molar refractivity (Wildman–Crippen MR) is 127 cm³/mol. The minimum absolute atomic E-state index is 0.556. The highest BCUT2D eigenvalue weighted by molar-refractivity contribution is 8.00. The summed E-state index contributed by atoms with van der Waals surface area (Å²) < 4.78 is 0. The summed E-state index contributed by atoms with van der Waals surface area (Å²) in [5.41, 5.74) is -0.0373. The van der Waals surface area contributed by atoms with Crippen molar-refractivity contribution in [2.45, 2.75) is 120 Å². The Morgan fingerprint density at radius 1 is 0.966 bits per heavy atom. The third kappa shape index (κ3) is 4.23. The van der Waals surface area contributed by atoms with Crippen LogP contribution >= 0.6 is 11.8 Å². The summed E-state index contributed by atoms with van der Waals surface area (Å²) >= 11 is 2.36. The maximum atomic E-state index is 10.9. The number of hydrogen-bond acceptors (Lipinski definition) is 2. The first kappa shape index (κ1) is 22.3. The van der Waals surface area contributed by atoms with Crippen LogP contribution in [-0.4, -0.2) is 21.2 Å². The van der Waals surface area contributed by atoms with Gasteiger partial charge in [-0.25, -0.2) is 0 Å². The summed E-state index contributed by atoms with van der Waals surface area (Å²) in [4.78, 5) is 0. The first-order chi connectivity index (χ1) is 13.9. The van der Waals surface area contributed by atoms with Crippen LogP contribution in [0.15, 0.2) is 12.7 Å². The molecule has 166 valence electrons. The van der Waals surface area contributed by atoms with Gasteiger partial charge in [0.15, 0.2) is 0 Å². The molecule has 0 amide bonds. The quantitative estimate of drug-likeness (QED) is 0.463. The lowest BCUT2D eigenvalue weighted by molar-refractivity contribution is -0.0232. The molecule has 1 nitrogen and oxygen atoms in total. The van der Waals surface area contributed by atoms with E-state index in [-0.39, 0.29) is 0 Å². The monoisotopic (exact) mass is 418 g/mol. The zero-order chi connectivity index (χ0) is 20.6. The van der Waals surface area contributed by atoms with Crippen LogP contribution in [0.4, 0.5) is 0 Å². The van der Waals surface area contributed by atoms with E-state index >= 15 is 0 Å². The molecule has 1 heterocycles. The fraction of sp³-hybridized carbons (Fsp3) is 0.926. The third-order valence-corrected chi connectivity index (χ3v) is 12.1. The summed E-state index contributed by atoms with van der Waals surface area (Å²) in [5, 5.41) is 12.6. The molecule has 3 aliphatic carbocycles. The van der Waals surface area contributed by atoms with Gasteiger partial charge in [-0.2, -0.15) is 11.8 Å². The van der Waals surface area contributed by atoms with Crippen molar-refractivity contribution in [2.24, 2.45) is 35.0 Å². The molecule has 0 bridgehead atoms. The van der Waals surface area contributed by atoms with Gasteiger partial charge in [-0.05, 0) is 92.8 Å². The maximum Gasteiger partial charge on any atom is 0.0828 e. The summed E-state index contributed by atoms with van der Waals surface area (Å²) in [6.07, 6.45) is 19.2. The van der Waals surface area contributed by atoms with Crippen molar-refractivity contribution in [3.8, 4) is 0 Å². The Hall–Kier alpha value is 0.0500. The van der Waals surface area contributed by atoms with Crippen molar-refractivity contribution in [3.05, 3.63) is 12.7 Å². The Kier molecular flexibility index (Phi) is 6.82. The van der Waals surface area contributed by atoms with Crippen LogP contribution in [-0.2, 0) is 0 Å². The van der Waals surface area contributed by atoms with E-state index in [1.165, 1.54) is 70.6 Å². The Morgan fingerprint density at radius 2 is 1.69 bits per heavy atom. The SMILES string of the molecule is C=CC1(O)CCCC2SC(C3CCC(C(C)(CC)CC)C4CCCCC34)CC2C1. The van der Waals surface area contributed by atoms with E-state index in [0.717, 1.165) is 47.0 Å². The van der Waals surface area contributed by atoms with E-state index in [0.29, 0.717) is 11.3 Å². The molecular weight excluding hydrogens is 372 g/mol. The summed E-state index contributed by atoms with van der Waals surface area (Å²) in [6.45, 7) is 11.4. The van der Waals surface area contributed by atoms with Crippen molar-refractivity contribution >= 4 is 11.8 Å². The largest absolute Gasteiger partial charge is 0.386 e. The van der Waals surface area contributed by atoms with Crippen LogP contribution in [0.2, 0.25) is 0 Å². The molecular formula is C27H46OS. The lowest BCUT2D eigenvalue weighted by Crippen LogP contribution is -2.46. The zero-order valence-corrected chi connectivity index (χ0v) is 20.2. The van der Waals surface area contributed by atoms with Crippen molar-refractivity contribution in [1.29, 1.82) is 0 Å². The molecule has 2 heteroatoms. The molecule has 4 aliphatic rings. The smallest absolute Gasteiger partial charge is 0.0828 e. The summed E-state index contributed by atoms with van der Waals surface area (Å²) in [6, 6.07) is 0. The Balaban J connectivity index is 1.49. The van der Waals surface area contributed by atoms with Gasteiger partial charge in [-0.15, -0.1) is 6.58 Å². The van der Waals surface area contributed by atoms with Gasteiger partial charge in [0, 0.05) is 10.5 Å². The van der Waals surface area contributed by atoms with E-state index in [1.807, 2.05) is 6.08 Å². The van der Waals surface area contributed by atoms with Crippen molar-refractivity contribution in [2.75, 3.05) is 0 Å². The molecule has 8 atom stereocenters. The van der Waals surface area contributed by atoms with E-state index in [2.05, 4.69) is 39.1 Å². The number of hydrogen-bond donors (Lipinski definition) is 1. The van der Waals surface area contributed by atoms with E-state index in [9.17, 15) is 5.11 Å². The van der Waals surface area contributed by atoms with Gasteiger partial charge in [-0.1, -0.05) is 52.5 Å². The van der Waals surface area contributed by atoms with Crippen LogP contribution in [0.5, 0.6) is 0 Å². The van der Waals surface area contributed by atoms with Crippen LogP contribution < -0.4 is 0 Å². The lowest BCUT2D eigenvalue weighted by Gasteiger charge is -2.53. The number of rotatable bonds is 5. The van der Waals surface area contributed by atoms with E-state index < -0.39 is 5.60 Å². The molecule has 1 saturated heterocycles. The molecule has 8 unspecified atom stereocenters. The van der Waals surface area contributed by atoms with Gasteiger partial charge in [0.2, 0.25) is 0 Å². The fourth-order valence-electron chi connectivity index (χ4n) is 8.11. The highest BCUT2D eigenvalue weighted by atomic mass is 32.2. The maximum absolute atomic E-state index is 10.9. The van der Waals surface area contributed by atoms with Gasteiger partial charge < -0.3 is 5.11 Å². The lowest BCUT2D eigenvalue weighted by atomic mass is 9.53. The number of aliphatic hydroxyl groups is 1. The molecule has 1 aliphatic heterocycles. The first-order valence-corrected chi connectivity index (χ1v) is 13.9. The minimum Gasteiger partial charge on any atom is -0.386 e. The Labute approximate surface area is 184 Å². The third-order valence-electron chi connectivity index (χ3n) is 10.2. The zero-order valence-electron chi connectivity index (χ0n) is 19.4. The molecule has 4 fully saturated rings. The Morgan fingerprint density at radius 3 is 2.38 bits per heavy atom. The average Bonchev–Trinajstić information content (AvgIpc) is 3.06. The van der Waals surface area contributed by atoms with Crippen molar-refractivity contribution < 1.29 is 5.11 Å². The predicted octanol–water partition coefficient (Wildman–Crippen LogP) is 7.63. The molecule has 0 radical (unpaired) electrons. The van der Waals surface area contributed by atoms with Gasteiger partial charge in [0.1, 0.15) is 0 Å². The average molecular weight is 419 g/mol. The number of fused-ring (bicyclic) bond motifs is 2. The molecule has 3 saturated carbocycles. The number of thioether (sulfide) groups is 1. The van der Waals surface area contributed by atoms with Gasteiger partial charge in [-0.3, -0.25) is 0 Å². The molecule has 29 heavy (non-hydrogen) atoms. The minimum atomic E-state index is -0.593. The van der Waals surface area contributed by atoms with Gasteiger partial charge in [0.25, 0.3) is 0 Å². The second-order valence-corrected chi connectivity index (χ2v) is 12.9. The fourth-order valence-corrected chi connectivity index (χ4v) is 10.2.